The van der Waals surface area contributed by atoms with E-state index < -0.39 is 6.10 Å². The molecule has 1 heterocycles. The quantitative estimate of drug-likeness (QED) is 0.462. The predicted octanol–water partition coefficient (Wildman–Crippen LogP) is 2.07. The lowest BCUT2D eigenvalue weighted by molar-refractivity contribution is -0.686. The van der Waals surface area contributed by atoms with Crippen molar-refractivity contribution < 1.29 is 19.2 Å². The minimum Gasteiger partial charge on any atom is -0.461 e. The third-order valence-corrected chi connectivity index (χ3v) is 4.78. The van der Waals surface area contributed by atoms with E-state index >= 15 is 0 Å². The average Bonchev–Trinajstić information content (AvgIpc) is 2.98. The zero-order valence-corrected chi connectivity index (χ0v) is 16.5. The second kappa shape index (κ2) is 8.99. The zero-order valence-electron chi connectivity index (χ0n) is 16.5. The number of imidazole rings is 1. The number of rotatable bonds is 8. The molecule has 0 aliphatic heterocycles. The molecule has 0 amide bonds. The van der Waals surface area contributed by atoms with Gasteiger partial charge < -0.3 is 15.6 Å². The summed E-state index contributed by atoms with van der Waals surface area (Å²) in [5, 5.41) is 9.86. The topological polar surface area (TPSA) is 81.4 Å². The minimum absolute atomic E-state index is 0.214. The molecular weight excluding hydrogens is 354 g/mol. The van der Waals surface area contributed by atoms with Crippen LogP contribution in [0.15, 0.2) is 48.5 Å². The van der Waals surface area contributed by atoms with E-state index in [1.165, 1.54) is 0 Å². The maximum atomic E-state index is 12.3. The third-order valence-electron chi connectivity index (χ3n) is 4.78. The van der Waals surface area contributed by atoms with Gasteiger partial charge in [0.1, 0.15) is 13.2 Å². The summed E-state index contributed by atoms with van der Waals surface area (Å²) >= 11 is 0. The summed E-state index contributed by atoms with van der Waals surface area (Å²) in [6.07, 6.45) is -0.259. The summed E-state index contributed by atoms with van der Waals surface area (Å²) < 4.78 is 9.59. The molecule has 148 valence electrons. The van der Waals surface area contributed by atoms with Crippen LogP contribution < -0.4 is 10.3 Å². The Balaban J connectivity index is 1.82. The van der Waals surface area contributed by atoms with Gasteiger partial charge in [0, 0.05) is 0 Å². The highest BCUT2D eigenvalue weighted by Crippen LogP contribution is 2.18. The summed E-state index contributed by atoms with van der Waals surface area (Å²) in [6.45, 7) is 5.72. The molecule has 1 aromatic heterocycles. The molecule has 0 fully saturated rings. The summed E-state index contributed by atoms with van der Waals surface area (Å²) in [7, 11) is 0. The van der Waals surface area contributed by atoms with Crippen molar-refractivity contribution in [2.24, 2.45) is 5.73 Å². The van der Waals surface area contributed by atoms with Gasteiger partial charge in [-0.3, -0.25) is 4.79 Å². The number of ether oxygens (including phenoxy) is 1. The molecule has 6 nitrogen and oxygen atoms in total. The molecule has 0 saturated carbocycles. The first kappa shape index (κ1) is 20.0. The van der Waals surface area contributed by atoms with Crippen molar-refractivity contribution >= 4 is 17.0 Å². The number of aliphatic hydroxyl groups excluding tert-OH is 1. The van der Waals surface area contributed by atoms with Crippen molar-refractivity contribution in [2.75, 3.05) is 0 Å². The Hall–Kier alpha value is -2.70. The van der Waals surface area contributed by atoms with Crippen molar-refractivity contribution in [1.82, 2.24) is 4.57 Å². The summed E-state index contributed by atoms with van der Waals surface area (Å²) in [4.78, 5) is 12.3. The van der Waals surface area contributed by atoms with Crippen molar-refractivity contribution in [3.63, 3.8) is 0 Å². The molecule has 28 heavy (non-hydrogen) atoms. The van der Waals surface area contributed by atoms with Crippen LogP contribution >= 0.6 is 0 Å². The largest absolute Gasteiger partial charge is 0.461 e. The molecule has 1 unspecified atom stereocenters. The lowest BCUT2D eigenvalue weighted by Crippen LogP contribution is -2.43. The maximum absolute atomic E-state index is 12.3. The average molecular weight is 382 g/mol. The number of hydrogen-bond acceptors (Lipinski definition) is 4. The van der Waals surface area contributed by atoms with E-state index in [1.807, 2.05) is 48.5 Å². The van der Waals surface area contributed by atoms with E-state index in [0.717, 1.165) is 34.5 Å². The van der Waals surface area contributed by atoms with Gasteiger partial charge in [0.25, 0.3) is 5.82 Å². The SMILES string of the molecule is CCn1c(CN)[n+](CC(C)O)c2ccc(CC(=O)OCc3ccccc3)cc21. The van der Waals surface area contributed by atoms with Crippen molar-refractivity contribution in [3.8, 4) is 0 Å². The Kier molecular flexibility index (Phi) is 6.44. The fourth-order valence-corrected chi connectivity index (χ4v) is 3.54. The van der Waals surface area contributed by atoms with Crippen LogP contribution in [0.5, 0.6) is 0 Å². The van der Waals surface area contributed by atoms with Gasteiger partial charge in [-0.05, 0) is 37.1 Å². The number of esters is 1. The summed E-state index contributed by atoms with van der Waals surface area (Å²) in [5.41, 5.74) is 9.86. The molecule has 3 N–H and O–H groups in total. The monoisotopic (exact) mass is 382 g/mol. The molecule has 6 heteroatoms. The normalized spacial score (nSPS) is 12.3. The number of aliphatic hydroxyl groups is 1. The predicted molar refractivity (Wildman–Crippen MR) is 107 cm³/mol. The molecule has 0 aliphatic carbocycles. The second-order valence-electron chi connectivity index (χ2n) is 6.97. The molecular formula is C22H28N3O3+. The molecule has 2 aromatic carbocycles. The molecule has 0 aliphatic rings. The van der Waals surface area contributed by atoms with Crippen LogP contribution in [-0.4, -0.2) is 21.7 Å². The Labute approximate surface area is 165 Å². The van der Waals surface area contributed by atoms with E-state index in [1.54, 1.807) is 6.92 Å². The van der Waals surface area contributed by atoms with E-state index in [4.69, 9.17) is 10.5 Å². The number of aromatic nitrogens is 2. The van der Waals surface area contributed by atoms with E-state index in [2.05, 4.69) is 16.1 Å². The number of benzene rings is 2. The van der Waals surface area contributed by atoms with Gasteiger partial charge in [-0.1, -0.05) is 36.4 Å². The highest BCUT2D eigenvalue weighted by Gasteiger charge is 2.24. The first-order valence-electron chi connectivity index (χ1n) is 9.65. The van der Waals surface area contributed by atoms with E-state index in [-0.39, 0.29) is 19.0 Å². The van der Waals surface area contributed by atoms with E-state index in [0.29, 0.717) is 13.1 Å². The summed E-state index contributed by atoms with van der Waals surface area (Å²) in [6, 6.07) is 15.6. The van der Waals surface area contributed by atoms with Crippen LogP contribution in [0.3, 0.4) is 0 Å². The van der Waals surface area contributed by atoms with Crippen molar-refractivity contribution in [1.29, 1.82) is 0 Å². The van der Waals surface area contributed by atoms with Crippen LogP contribution in [-0.2, 0) is 42.2 Å². The Morgan fingerprint density at radius 2 is 1.96 bits per heavy atom. The number of carbonyl (C=O) groups is 1. The van der Waals surface area contributed by atoms with Gasteiger partial charge in [-0.25, -0.2) is 9.13 Å². The lowest BCUT2D eigenvalue weighted by Gasteiger charge is -2.05. The Morgan fingerprint density at radius 3 is 2.61 bits per heavy atom. The molecule has 0 spiro atoms. The van der Waals surface area contributed by atoms with Crippen LogP contribution in [0.1, 0.15) is 30.8 Å². The smallest absolute Gasteiger partial charge is 0.310 e. The Morgan fingerprint density at radius 1 is 1.21 bits per heavy atom. The second-order valence-corrected chi connectivity index (χ2v) is 6.97. The first-order chi connectivity index (χ1) is 13.5. The number of nitrogens with zero attached hydrogens (tertiary/aromatic N) is 2. The minimum atomic E-state index is -0.473. The molecule has 1 atom stereocenters. The van der Waals surface area contributed by atoms with Crippen LogP contribution in [0, 0.1) is 0 Å². The fraction of sp³-hybridized carbons (Fsp3) is 0.364. The highest BCUT2D eigenvalue weighted by molar-refractivity contribution is 5.77. The number of nitrogens with two attached hydrogens (primary N) is 1. The van der Waals surface area contributed by atoms with Crippen molar-refractivity contribution in [2.45, 2.75) is 52.6 Å². The Bertz CT molecular complexity index is 949. The van der Waals surface area contributed by atoms with Gasteiger partial charge in [-0.2, -0.15) is 0 Å². The van der Waals surface area contributed by atoms with Gasteiger partial charge in [0.15, 0.2) is 11.0 Å². The molecule has 3 aromatic rings. The molecule has 0 saturated heterocycles. The first-order valence-corrected chi connectivity index (χ1v) is 9.65. The summed E-state index contributed by atoms with van der Waals surface area (Å²) in [5.74, 6) is 0.705. The molecule has 3 rings (SSSR count). The lowest BCUT2D eigenvalue weighted by atomic mass is 10.1. The highest BCUT2D eigenvalue weighted by atomic mass is 16.5. The van der Waals surface area contributed by atoms with Crippen LogP contribution in [0.4, 0.5) is 0 Å². The van der Waals surface area contributed by atoms with Gasteiger partial charge in [-0.15, -0.1) is 0 Å². The van der Waals surface area contributed by atoms with Crippen LogP contribution in [0.25, 0.3) is 11.0 Å². The third kappa shape index (κ3) is 4.40. The van der Waals surface area contributed by atoms with E-state index in [9.17, 15) is 9.90 Å². The fourth-order valence-electron chi connectivity index (χ4n) is 3.54. The standard InChI is InChI=1S/C22H28N3O3/c1-3-24-20-11-18(12-22(27)28-15-17-7-5-4-6-8-17)9-10-19(20)25(14-16(2)26)21(24)13-23/h4-11,16,26H,3,12-15,23H2,1-2H3/q+1. The number of carbonyl (C=O) groups excluding carboxylic acids is 1. The van der Waals surface area contributed by atoms with Gasteiger partial charge in [0.05, 0.1) is 25.6 Å². The number of fused-ring (bicyclic) bond motifs is 1. The van der Waals surface area contributed by atoms with Crippen molar-refractivity contribution in [3.05, 3.63) is 65.5 Å². The zero-order chi connectivity index (χ0) is 20.1. The molecule has 0 radical (unpaired) electrons. The van der Waals surface area contributed by atoms with Gasteiger partial charge >= 0.3 is 5.97 Å². The number of hydrogen-bond donors (Lipinski definition) is 2. The maximum Gasteiger partial charge on any atom is 0.310 e. The van der Waals surface area contributed by atoms with Crippen LogP contribution in [0.2, 0.25) is 0 Å². The van der Waals surface area contributed by atoms with Gasteiger partial charge in [0.2, 0.25) is 0 Å². The number of aryl methyl sites for hydroxylation is 1. The molecule has 0 bridgehead atoms.